The van der Waals surface area contributed by atoms with Crippen molar-refractivity contribution in [2.24, 2.45) is 0 Å². The minimum atomic E-state index is -0.265. The summed E-state index contributed by atoms with van der Waals surface area (Å²) >= 11 is 0. The van der Waals surface area contributed by atoms with Crippen LogP contribution in [0, 0.1) is 0 Å². The van der Waals surface area contributed by atoms with Crippen LogP contribution in [-0.4, -0.2) is 36.9 Å². The molecule has 1 heterocycles. The number of rotatable bonds is 8. The number of benzene rings is 2. The number of carbonyl (C=O) groups excluding carboxylic acids is 1. The molecule has 1 amide bonds. The molecule has 7 nitrogen and oxygen atoms in total. The minimum absolute atomic E-state index is 0.265. The van der Waals surface area contributed by atoms with Gasteiger partial charge in [-0.2, -0.15) is 0 Å². The molecule has 2 N–H and O–H groups in total. The van der Waals surface area contributed by atoms with Crippen LogP contribution in [0.25, 0.3) is 0 Å². The Kier molecular flexibility index (Phi) is 6.41. The number of aromatic nitrogens is 2. The van der Waals surface area contributed by atoms with Crippen molar-refractivity contribution < 1.29 is 14.3 Å². The first-order valence-electron chi connectivity index (χ1n) is 8.84. The fourth-order valence-corrected chi connectivity index (χ4v) is 2.64. The van der Waals surface area contributed by atoms with Crippen LogP contribution in [-0.2, 0) is 6.42 Å². The summed E-state index contributed by atoms with van der Waals surface area (Å²) in [5.41, 5.74) is 2.21. The zero-order valence-corrected chi connectivity index (χ0v) is 15.8. The molecule has 3 aromatic rings. The Morgan fingerprint density at radius 3 is 2.39 bits per heavy atom. The summed E-state index contributed by atoms with van der Waals surface area (Å²) in [5, 5.41) is 14.0. The number of nitrogens with one attached hydrogen (secondary N) is 2. The van der Waals surface area contributed by atoms with Gasteiger partial charge in [-0.25, -0.2) is 0 Å². The van der Waals surface area contributed by atoms with Crippen LogP contribution in [0.15, 0.2) is 60.7 Å². The molecule has 0 saturated heterocycles. The predicted octanol–water partition coefficient (Wildman–Crippen LogP) is 3.21. The van der Waals surface area contributed by atoms with Crippen molar-refractivity contribution in [2.45, 2.75) is 6.42 Å². The molecule has 0 atom stereocenters. The maximum Gasteiger partial charge on any atom is 0.271 e. The van der Waals surface area contributed by atoms with E-state index < -0.39 is 0 Å². The van der Waals surface area contributed by atoms with Crippen molar-refractivity contribution in [3.05, 3.63) is 71.9 Å². The van der Waals surface area contributed by atoms with E-state index >= 15 is 0 Å². The van der Waals surface area contributed by atoms with E-state index in [1.54, 1.807) is 26.4 Å². The Morgan fingerprint density at radius 1 is 0.929 bits per heavy atom. The Labute approximate surface area is 163 Å². The zero-order valence-electron chi connectivity index (χ0n) is 15.8. The molecule has 144 valence electrons. The van der Waals surface area contributed by atoms with Crippen molar-refractivity contribution in [1.29, 1.82) is 0 Å². The average molecular weight is 378 g/mol. The van der Waals surface area contributed by atoms with E-state index in [1.165, 1.54) is 0 Å². The highest BCUT2D eigenvalue weighted by Crippen LogP contribution is 2.27. The van der Waals surface area contributed by atoms with E-state index in [0.29, 0.717) is 30.3 Å². The maximum absolute atomic E-state index is 12.2. The number of nitrogens with zero attached hydrogens (tertiary/aromatic N) is 2. The minimum Gasteiger partial charge on any atom is -0.493 e. The summed E-state index contributed by atoms with van der Waals surface area (Å²) in [7, 11) is 3.19. The Balaban J connectivity index is 1.52. The smallest absolute Gasteiger partial charge is 0.271 e. The summed E-state index contributed by atoms with van der Waals surface area (Å²) in [6.45, 7) is 0.472. The highest BCUT2D eigenvalue weighted by Gasteiger charge is 2.09. The standard InChI is InChI=1S/C21H22N4O3/c1-27-18-10-8-15(14-19(18)28-2)12-13-22-21(26)17-9-11-20(25-24-17)23-16-6-4-3-5-7-16/h3-11,14H,12-13H2,1-2H3,(H,22,26)(H,23,25). The lowest BCUT2D eigenvalue weighted by Crippen LogP contribution is -2.26. The molecule has 0 fully saturated rings. The van der Waals surface area contributed by atoms with Crippen molar-refractivity contribution in [3.63, 3.8) is 0 Å². The third-order valence-corrected chi connectivity index (χ3v) is 4.09. The first-order chi connectivity index (χ1) is 13.7. The van der Waals surface area contributed by atoms with Gasteiger partial charge in [-0.1, -0.05) is 24.3 Å². The van der Waals surface area contributed by atoms with Gasteiger partial charge in [-0.3, -0.25) is 4.79 Å². The molecule has 2 aromatic carbocycles. The zero-order chi connectivity index (χ0) is 19.8. The van der Waals surface area contributed by atoms with Crippen molar-refractivity contribution in [1.82, 2.24) is 15.5 Å². The normalized spacial score (nSPS) is 10.2. The van der Waals surface area contributed by atoms with E-state index in [9.17, 15) is 4.79 Å². The summed E-state index contributed by atoms with van der Waals surface area (Å²) in [6.07, 6.45) is 0.660. The number of hydrogen-bond acceptors (Lipinski definition) is 6. The lowest BCUT2D eigenvalue weighted by atomic mass is 10.1. The van der Waals surface area contributed by atoms with Crippen LogP contribution in [0.3, 0.4) is 0 Å². The van der Waals surface area contributed by atoms with Gasteiger partial charge in [-0.15, -0.1) is 10.2 Å². The molecular weight excluding hydrogens is 356 g/mol. The van der Waals surface area contributed by atoms with E-state index in [-0.39, 0.29) is 11.6 Å². The van der Waals surface area contributed by atoms with E-state index in [0.717, 1.165) is 11.3 Å². The molecule has 0 radical (unpaired) electrons. The number of para-hydroxylation sites is 1. The highest BCUT2D eigenvalue weighted by atomic mass is 16.5. The van der Waals surface area contributed by atoms with Crippen LogP contribution in [0.1, 0.15) is 16.1 Å². The van der Waals surface area contributed by atoms with Gasteiger partial charge in [0.2, 0.25) is 0 Å². The molecule has 0 spiro atoms. The topological polar surface area (TPSA) is 85.4 Å². The van der Waals surface area contributed by atoms with Crippen LogP contribution < -0.4 is 20.1 Å². The quantitative estimate of drug-likeness (QED) is 0.626. The Hall–Kier alpha value is -3.61. The first kappa shape index (κ1) is 19.2. The summed E-state index contributed by atoms with van der Waals surface area (Å²) < 4.78 is 10.5. The molecule has 1 aromatic heterocycles. The lowest BCUT2D eigenvalue weighted by Gasteiger charge is -2.10. The second kappa shape index (κ2) is 9.36. The van der Waals surface area contributed by atoms with Crippen molar-refractivity contribution in [3.8, 4) is 11.5 Å². The Morgan fingerprint density at radius 2 is 1.71 bits per heavy atom. The summed E-state index contributed by atoms with van der Waals surface area (Å²) in [6, 6.07) is 18.7. The molecule has 0 bridgehead atoms. The average Bonchev–Trinajstić information content (AvgIpc) is 2.74. The van der Waals surface area contributed by atoms with Crippen LogP contribution in [0.4, 0.5) is 11.5 Å². The molecular formula is C21H22N4O3. The number of amides is 1. The maximum atomic E-state index is 12.2. The van der Waals surface area contributed by atoms with E-state index in [2.05, 4.69) is 20.8 Å². The number of methoxy groups -OCH3 is 2. The number of carbonyl (C=O) groups is 1. The van der Waals surface area contributed by atoms with Gasteiger partial charge in [0, 0.05) is 12.2 Å². The number of anilines is 2. The summed E-state index contributed by atoms with van der Waals surface area (Å²) in [4.78, 5) is 12.2. The predicted molar refractivity (Wildman–Crippen MR) is 107 cm³/mol. The van der Waals surface area contributed by atoms with Gasteiger partial charge in [0.25, 0.3) is 5.91 Å². The largest absolute Gasteiger partial charge is 0.493 e. The molecule has 28 heavy (non-hydrogen) atoms. The highest BCUT2D eigenvalue weighted by molar-refractivity contribution is 5.92. The molecule has 7 heteroatoms. The third-order valence-electron chi connectivity index (χ3n) is 4.09. The van der Waals surface area contributed by atoms with Gasteiger partial charge < -0.3 is 20.1 Å². The fraction of sp³-hybridized carbons (Fsp3) is 0.190. The molecule has 0 aliphatic carbocycles. The van der Waals surface area contributed by atoms with Gasteiger partial charge in [-0.05, 0) is 48.4 Å². The molecule has 0 saturated carbocycles. The fourth-order valence-electron chi connectivity index (χ4n) is 2.64. The second-order valence-electron chi connectivity index (χ2n) is 5.99. The van der Waals surface area contributed by atoms with Gasteiger partial charge >= 0.3 is 0 Å². The van der Waals surface area contributed by atoms with Crippen LogP contribution in [0.2, 0.25) is 0 Å². The van der Waals surface area contributed by atoms with E-state index in [4.69, 9.17) is 9.47 Å². The lowest BCUT2D eigenvalue weighted by molar-refractivity contribution is 0.0948. The van der Waals surface area contributed by atoms with Gasteiger partial charge in [0.15, 0.2) is 23.0 Å². The van der Waals surface area contributed by atoms with Gasteiger partial charge in [0.05, 0.1) is 14.2 Å². The summed E-state index contributed by atoms with van der Waals surface area (Å²) in [5.74, 6) is 1.65. The number of ether oxygens (including phenoxy) is 2. The first-order valence-corrected chi connectivity index (χ1v) is 8.84. The molecule has 3 rings (SSSR count). The van der Waals surface area contributed by atoms with E-state index in [1.807, 2.05) is 48.5 Å². The molecule has 0 aliphatic rings. The number of hydrogen-bond donors (Lipinski definition) is 2. The second-order valence-corrected chi connectivity index (χ2v) is 5.99. The molecule has 0 aliphatic heterocycles. The SMILES string of the molecule is COc1ccc(CCNC(=O)c2ccc(Nc3ccccc3)nn2)cc1OC. The van der Waals surface area contributed by atoms with Crippen molar-refractivity contribution in [2.75, 3.05) is 26.1 Å². The van der Waals surface area contributed by atoms with Gasteiger partial charge in [0.1, 0.15) is 0 Å². The Bertz CT molecular complexity index is 915. The van der Waals surface area contributed by atoms with Crippen LogP contribution >= 0.6 is 0 Å². The van der Waals surface area contributed by atoms with Crippen LogP contribution in [0.5, 0.6) is 11.5 Å². The monoisotopic (exact) mass is 378 g/mol. The van der Waals surface area contributed by atoms with Crippen molar-refractivity contribution >= 4 is 17.4 Å². The molecule has 0 unspecified atom stereocenters. The third kappa shape index (κ3) is 4.97.